The Kier molecular flexibility index (Phi) is 4.79. The van der Waals surface area contributed by atoms with E-state index in [4.69, 9.17) is 9.47 Å². The zero-order valence-corrected chi connectivity index (χ0v) is 14.2. The Balaban J connectivity index is 1.68. The average molecular weight is 361 g/mol. The molecule has 1 aliphatic rings. The van der Waals surface area contributed by atoms with Crippen molar-refractivity contribution < 1.29 is 27.8 Å². The number of ether oxygens (including phenoxy) is 3. The summed E-state index contributed by atoms with van der Waals surface area (Å²) < 4.78 is 40.4. The van der Waals surface area contributed by atoms with Gasteiger partial charge in [0.05, 0.1) is 0 Å². The van der Waals surface area contributed by atoms with E-state index >= 15 is 0 Å². The number of nitrogens with one attached hydrogen (secondary N) is 1. The summed E-state index contributed by atoms with van der Waals surface area (Å²) in [5.74, 6) is -0.0415. The van der Waals surface area contributed by atoms with Gasteiger partial charge in [0.15, 0.2) is 11.5 Å². The number of halogens is 2. The molecule has 0 bridgehead atoms. The van der Waals surface area contributed by atoms with Gasteiger partial charge in [-0.05, 0) is 24.3 Å². The number of alkyl halides is 2. The molecule has 3 rings (SSSR count). The fourth-order valence-electron chi connectivity index (χ4n) is 2.47. The Labute approximate surface area is 149 Å². The minimum absolute atomic E-state index is 0.00291. The van der Waals surface area contributed by atoms with Gasteiger partial charge in [0.1, 0.15) is 5.75 Å². The summed E-state index contributed by atoms with van der Waals surface area (Å²) in [7, 11) is 0. The van der Waals surface area contributed by atoms with Gasteiger partial charge in [0.2, 0.25) is 11.7 Å². The molecule has 7 heteroatoms. The number of hydrogen-bond donors (Lipinski definition) is 1. The van der Waals surface area contributed by atoms with Gasteiger partial charge in [0.25, 0.3) is 0 Å². The lowest BCUT2D eigenvalue weighted by atomic mass is 10.2. The number of anilines is 1. The lowest BCUT2D eigenvalue weighted by molar-refractivity contribution is -0.111. The van der Waals surface area contributed by atoms with Gasteiger partial charge < -0.3 is 19.5 Å². The SMILES string of the molecule is CC1(C)Oc2ccc(NC(=O)/C=C/c3ccccc3OC(F)F)cc2O1. The molecular weight excluding hydrogens is 344 g/mol. The minimum Gasteiger partial charge on any atom is -0.449 e. The zero-order chi connectivity index (χ0) is 18.7. The van der Waals surface area contributed by atoms with Gasteiger partial charge in [-0.1, -0.05) is 18.2 Å². The monoisotopic (exact) mass is 361 g/mol. The molecule has 2 aromatic carbocycles. The van der Waals surface area contributed by atoms with Gasteiger partial charge in [-0.25, -0.2) is 0 Å². The van der Waals surface area contributed by atoms with Gasteiger partial charge in [-0.2, -0.15) is 8.78 Å². The molecule has 0 spiro atoms. The van der Waals surface area contributed by atoms with Gasteiger partial charge in [0, 0.05) is 37.2 Å². The third kappa shape index (κ3) is 4.30. The number of fused-ring (bicyclic) bond motifs is 1. The molecule has 0 aromatic heterocycles. The van der Waals surface area contributed by atoms with E-state index in [1.165, 1.54) is 18.2 Å². The highest BCUT2D eigenvalue weighted by molar-refractivity contribution is 6.02. The maximum absolute atomic E-state index is 12.4. The van der Waals surface area contributed by atoms with Crippen molar-refractivity contribution in [1.82, 2.24) is 0 Å². The first kappa shape index (κ1) is 17.7. The summed E-state index contributed by atoms with van der Waals surface area (Å²) in [6.45, 7) is 0.635. The maximum atomic E-state index is 12.4. The highest BCUT2D eigenvalue weighted by Gasteiger charge is 2.31. The van der Waals surface area contributed by atoms with Crippen LogP contribution in [-0.2, 0) is 4.79 Å². The second kappa shape index (κ2) is 7.03. The molecule has 1 heterocycles. The van der Waals surface area contributed by atoms with Crippen LogP contribution >= 0.6 is 0 Å². The van der Waals surface area contributed by atoms with Crippen molar-refractivity contribution in [2.75, 3.05) is 5.32 Å². The summed E-state index contributed by atoms with van der Waals surface area (Å²) in [4.78, 5) is 12.1. The molecule has 0 unspecified atom stereocenters. The number of carbonyl (C=O) groups is 1. The maximum Gasteiger partial charge on any atom is 0.387 e. The number of rotatable bonds is 5. The van der Waals surface area contributed by atoms with E-state index in [1.54, 1.807) is 50.2 Å². The van der Waals surface area contributed by atoms with Crippen LogP contribution in [0.25, 0.3) is 6.08 Å². The van der Waals surface area contributed by atoms with E-state index in [1.807, 2.05) is 0 Å². The van der Waals surface area contributed by atoms with Crippen molar-refractivity contribution in [3.8, 4) is 17.2 Å². The Bertz CT molecular complexity index is 849. The van der Waals surface area contributed by atoms with Crippen molar-refractivity contribution in [1.29, 1.82) is 0 Å². The summed E-state index contributed by atoms with van der Waals surface area (Å²) in [5.41, 5.74) is 0.896. The molecule has 0 saturated carbocycles. The van der Waals surface area contributed by atoms with Crippen molar-refractivity contribution in [2.24, 2.45) is 0 Å². The molecule has 0 aliphatic carbocycles. The first-order valence-electron chi connectivity index (χ1n) is 7.87. The summed E-state index contributed by atoms with van der Waals surface area (Å²) in [5, 5.41) is 2.68. The molecule has 26 heavy (non-hydrogen) atoms. The van der Waals surface area contributed by atoms with Gasteiger partial charge in [-0.15, -0.1) is 0 Å². The van der Waals surface area contributed by atoms with Crippen LogP contribution in [0.2, 0.25) is 0 Å². The Hall–Kier alpha value is -3.09. The average Bonchev–Trinajstić information content (AvgIpc) is 2.86. The Morgan fingerprint density at radius 1 is 1.15 bits per heavy atom. The number of para-hydroxylation sites is 1. The lowest BCUT2D eigenvalue weighted by Crippen LogP contribution is -2.29. The summed E-state index contributed by atoms with van der Waals surface area (Å²) in [6, 6.07) is 11.3. The van der Waals surface area contributed by atoms with Crippen molar-refractivity contribution in [3.05, 3.63) is 54.1 Å². The normalized spacial score (nSPS) is 14.7. The van der Waals surface area contributed by atoms with E-state index in [0.29, 0.717) is 22.7 Å². The van der Waals surface area contributed by atoms with Gasteiger partial charge >= 0.3 is 6.61 Å². The van der Waals surface area contributed by atoms with Crippen LogP contribution in [0.5, 0.6) is 17.2 Å². The Morgan fingerprint density at radius 3 is 2.65 bits per heavy atom. The van der Waals surface area contributed by atoms with Crippen molar-refractivity contribution in [3.63, 3.8) is 0 Å². The predicted octanol–water partition coefficient (Wildman–Crippen LogP) is 4.45. The topological polar surface area (TPSA) is 56.8 Å². The second-order valence-corrected chi connectivity index (χ2v) is 6.00. The fourth-order valence-corrected chi connectivity index (χ4v) is 2.47. The standard InChI is InChI=1S/C19H17F2NO4/c1-19(2)25-15-9-8-13(11-16(15)26-19)22-17(23)10-7-12-5-3-4-6-14(12)24-18(20)21/h3-11,18H,1-2H3,(H,22,23)/b10-7+. The number of amides is 1. The highest BCUT2D eigenvalue weighted by atomic mass is 19.3. The predicted molar refractivity (Wildman–Crippen MR) is 92.5 cm³/mol. The van der Waals surface area contributed by atoms with Crippen LogP contribution in [0.4, 0.5) is 14.5 Å². The molecule has 1 N–H and O–H groups in total. The second-order valence-electron chi connectivity index (χ2n) is 6.00. The first-order valence-corrected chi connectivity index (χ1v) is 7.87. The minimum atomic E-state index is -2.93. The lowest BCUT2D eigenvalue weighted by Gasteiger charge is -2.16. The molecule has 0 radical (unpaired) electrons. The highest BCUT2D eigenvalue weighted by Crippen LogP contribution is 2.40. The number of carbonyl (C=O) groups excluding carboxylic acids is 1. The van der Waals surface area contributed by atoms with E-state index in [2.05, 4.69) is 10.1 Å². The molecule has 1 amide bonds. The smallest absolute Gasteiger partial charge is 0.387 e. The van der Waals surface area contributed by atoms with E-state index in [9.17, 15) is 13.6 Å². The molecule has 1 aliphatic heterocycles. The van der Waals surface area contributed by atoms with Crippen LogP contribution in [0.1, 0.15) is 19.4 Å². The Morgan fingerprint density at radius 2 is 1.88 bits per heavy atom. The summed E-state index contributed by atoms with van der Waals surface area (Å²) in [6.07, 6.45) is 2.64. The molecule has 2 aromatic rings. The summed E-state index contributed by atoms with van der Waals surface area (Å²) >= 11 is 0. The van der Waals surface area contributed by atoms with Crippen LogP contribution in [0, 0.1) is 0 Å². The molecule has 0 atom stereocenters. The quantitative estimate of drug-likeness (QED) is 0.800. The molecule has 136 valence electrons. The van der Waals surface area contributed by atoms with Crippen LogP contribution < -0.4 is 19.5 Å². The molecule has 0 fully saturated rings. The van der Waals surface area contributed by atoms with Crippen molar-refractivity contribution >= 4 is 17.7 Å². The van der Waals surface area contributed by atoms with E-state index in [0.717, 1.165) is 0 Å². The third-order valence-electron chi connectivity index (χ3n) is 3.47. The van der Waals surface area contributed by atoms with E-state index in [-0.39, 0.29) is 5.75 Å². The largest absolute Gasteiger partial charge is 0.449 e. The van der Waals surface area contributed by atoms with E-state index < -0.39 is 18.3 Å². The van der Waals surface area contributed by atoms with Crippen LogP contribution in [0.15, 0.2) is 48.5 Å². The van der Waals surface area contributed by atoms with Crippen LogP contribution in [0.3, 0.4) is 0 Å². The molecular formula is C19H17F2NO4. The number of benzene rings is 2. The molecule has 5 nitrogen and oxygen atoms in total. The van der Waals surface area contributed by atoms with Crippen LogP contribution in [-0.4, -0.2) is 18.3 Å². The third-order valence-corrected chi connectivity index (χ3v) is 3.47. The first-order chi connectivity index (χ1) is 12.3. The zero-order valence-electron chi connectivity index (χ0n) is 14.2. The van der Waals surface area contributed by atoms with Gasteiger partial charge in [-0.3, -0.25) is 4.79 Å². The molecule has 0 saturated heterocycles. The fraction of sp³-hybridized carbons (Fsp3) is 0.211. The number of hydrogen-bond acceptors (Lipinski definition) is 4. The van der Waals surface area contributed by atoms with Crippen molar-refractivity contribution in [2.45, 2.75) is 26.2 Å².